The molecule has 25 heavy (non-hydrogen) atoms. The number of piperidine rings is 1. The lowest BCUT2D eigenvalue weighted by Gasteiger charge is -2.31. The Hall–Kier alpha value is -2.12. The maximum Gasteiger partial charge on any atom is 0.243 e. The van der Waals surface area contributed by atoms with E-state index >= 15 is 0 Å². The fraction of sp³-hybridized carbons (Fsp3) is 0.389. The molecular formula is C18H23N3O3S. The Morgan fingerprint density at radius 2 is 1.68 bits per heavy atom. The number of amides is 1. The molecule has 0 atom stereocenters. The number of benzene rings is 1. The monoisotopic (exact) mass is 361 g/mol. The lowest BCUT2D eigenvalue weighted by atomic mass is 9.93. The number of carbonyl (C=O) groups excluding carboxylic acids is 1. The van der Waals surface area contributed by atoms with Crippen molar-refractivity contribution >= 4 is 15.9 Å². The number of primary amides is 1. The van der Waals surface area contributed by atoms with Crippen LogP contribution in [-0.2, 0) is 14.8 Å². The average Bonchev–Trinajstić information content (AvgIpc) is 3.15. The molecule has 7 heteroatoms. The fourth-order valence-corrected chi connectivity index (χ4v) is 4.70. The van der Waals surface area contributed by atoms with Crippen molar-refractivity contribution in [1.82, 2.24) is 8.87 Å². The summed E-state index contributed by atoms with van der Waals surface area (Å²) in [5.74, 6) is 0.0768. The first kappa shape index (κ1) is 17.7. The van der Waals surface area contributed by atoms with Crippen LogP contribution in [0.25, 0.3) is 5.69 Å². The summed E-state index contributed by atoms with van der Waals surface area (Å²) in [6, 6.07) is 10.8. The topological polar surface area (TPSA) is 85.4 Å². The number of nitrogens with two attached hydrogens (primary N) is 1. The van der Waals surface area contributed by atoms with E-state index in [0.717, 1.165) is 24.9 Å². The van der Waals surface area contributed by atoms with Gasteiger partial charge in [-0.2, -0.15) is 4.31 Å². The minimum absolute atomic E-state index is 0.294. The fourth-order valence-electron chi connectivity index (χ4n) is 3.23. The highest BCUT2D eigenvalue weighted by molar-refractivity contribution is 7.89. The van der Waals surface area contributed by atoms with Crippen LogP contribution in [0.4, 0.5) is 0 Å². The van der Waals surface area contributed by atoms with E-state index < -0.39 is 10.0 Å². The van der Waals surface area contributed by atoms with Crippen LogP contribution in [-0.4, -0.2) is 36.3 Å². The maximum atomic E-state index is 12.8. The highest BCUT2D eigenvalue weighted by Gasteiger charge is 2.29. The Morgan fingerprint density at radius 3 is 2.24 bits per heavy atom. The van der Waals surface area contributed by atoms with E-state index in [1.165, 1.54) is 0 Å². The first-order valence-corrected chi connectivity index (χ1v) is 9.93. The van der Waals surface area contributed by atoms with Gasteiger partial charge in [-0.15, -0.1) is 0 Å². The molecule has 1 aliphatic rings. The van der Waals surface area contributed by atoms with Crippen LogP contribution >= 0.6 is 0 Å². The first-order valence-electron chi connectivity index (χ1n) is 8.48. The number of sulfonamides is 1. The second-order valence-electron chi connectivity index (χ2n) is 6.44. The van der Waals surface area contributed by atoms with Crippen LogP contribution in [0.1, 0.15) is 25.7 Å². The first-order chi connectivity index (χ1) is 12.0. The Balaban J connectivity index is 1.65. The van der Waals surface area contributed by atoms with Crippen molar-refractivity contribution in [3.63, 3.8) is 0 Å². The van der Waals surface area contributed by atoms with Crippen molar-refractivity contribution in [3.05, 3.63) is 48.8 Å². The third kappa shape index (κ3) is 4.11. The largest absolute Gasteiger partial charge is 0.370 e. The predicted molar refractivity (Wildman–Crippen MR) is 95.7 cm³/mol. The number of aromatic nitrogens is 1. The second kappa shape index (κ2) is 7.41. The van der Waals surface area contributed by atoms with Gasteiger partial charge in [0.05, 0.1) is 4.90 Å². The van der Waals surface area contributed by atoms with Gasteiger partial charge in [-0.3, -0.25) is 4.79 Å². The summed E-state index contributed by atoms with van der Waals surface area (Å²) in [7, 11) is -3.47. The molecule has 0 aliphatic carbocycles. The van der Waals surface area contributed by atoms with Crippen LogP contribution in [0.2, 0.25) is 0 Å². The summed E-state index contributed by atoms with van der Waals surface area (Å²) in [5.41, 5.74) is 6.11. The van der Waals surface area contributed by atoms with Crippen LogP contribution in [0.5, 0.6) is 0 Å². The summed E-state index contributed by atoms with van der Waals surface area (Å²) in [6.07, 6.45) is 6.50. The lowest BCUT2D eigenvalue weighted by molar-refractivity contribution is -0.118. The molecule has 0 radical (unpaired) electrons. The second-order valence-corrected chi connectivity index (χ2v) is 8.37. The van der Waals surface area contributed by atoms with Gasteiger partial charge in [-0.25, -0.2) is 8.42 Å². The summed E-state index contributed by atoms with van der Waals surface area (Å²) in [6.45, 7) is 0.982. The molecule has 1 fully saturated rings. The minimum Gasteiger partial charge on any atom is -0.370 e. The molecule has 1 aromatic heterocycles. The minimum atomic E-state index is -3.47. The highest BCUT2D eigenvalue weighted by atomic mass is 32.2. The van der Waals surface area contributed by atoms with Crippen LogP contribution in [0.3, 0.4) is 0 Å². The Labute approximate surface area is 148 Å². The quantitative estimate of drug-likeness (QED) is 0.855. The molecule has 2 heterocycles. The zero-order valence-electron chi connectivity index (χ0n) is 14.0. The molecule has 0 unspecified atom stereocenters. The molecule has 134 valence electrons. The van der Waals surface area contributed by atoms with Crippen LogP contribution in [0, 0.1) is 5.92 Å². The average molecular weight is 361 g/mol. The van der Waals surface area contributed by atoms with E-state index in [4.69, 9.17) is 5.73 Å². The predicted octanol–water partition coefficient (Wildman–Crippen LogP) is 2.14. The normalized spacial score (nSPS) is 16.8. The molecule has 2 N–H and O–H groups in total. The van der Waals surface area contributed by atoms with Crippen molar-refractivity contribution in [2.24, 2.45) is 11.7 Å². The third-order valence-electron chi connectivity index (χ3n) is 4.75. The van der Waals surface area contributed by atoms with Gasteiger partial charge < -0.3 is 10.3 Å². The van der Waals surface area contributed by atoms with E-state index in [1.807, 2.05) is 41.2 Å². The van der Waals surface area contributed by atoms with Crippen molar-refractivity contribution in [2.45, 2.75) is 30.6 Å². The molecule has 3 rings (SSSR count). The summed E-state index contributed by atoms with van der Waals surface area (Å²) in [5, 5.41) is 0. The maximum absolute atomic E-state index is 12.8. The van der Waals surface area contributed by atoms with Gasteiger partial charge in [-0.1, -0.05) is 0 Å². The third-order valence-corrected chi connectivity index (χ3v) is 6.66. The molecule has 1 aliphatic heterocycles. The Kier molecular flexibility index (Phi) is 5.24. The summed E-state index contributed by atoms with van der Waals surface area (Å²) >= 11 is 0. The van der Waals surface area contributed by atoms with E-state index in [2.05, 4.69) is 0 Å². The Bertz CT molecular complexity index is 806. The van der Waals surface area contributed by atoms with Crippen molar-refractivity contribution in [2.75, 3.05) is 13.1 Å². The van der Waals surface area contributed by atoms with Gasteiger partial charge in [-0.05, 0) is 61.6 Å². The van der Waals surface area contributed by atoms with Gasteiger partial charge in [0.25, 0.3) is 0 Å². The number of hydrogen-bond donors (Lipinski definition) is 1. The molecule has 1 aromatic carbocycles. The van der Waals surface area contributed by atoms with Gasteiger partial charge in [0.15, 0.2) is 0 Å². The number of hydrogen-bond acceptors (Lipinski definition) is 3. The molecule has 0 spiro atoms. The smallest absolute Gasteiger partial charge is 0.243 e. The molecule has 0 saturated carbocycles. The van der Waals surface area contributed by atoms with E-state index in [9.17, 15) is 13.2 Å². The van der Waals surface area contributed by atoms with E-state index in [0.29, 0.717) is 30.3 Å². The molecular weight excluding hydrogens is 338 g/mol. The molecule has 2 aromatic rings. The number of nitrogens with zero attached hydrogens (tertiary/aromatic N) is 2. The number of carbonyl (C=O) groups is 1. The molecule has 1 saturated heterocycles. The summed E-state index contributed by atoms with van der Waals surface area (Å²) in [4.78, 5) is 11.2. The van der Waals surface area contributed by atoms with Crippen molar-refractivity contribution in [3.8, 4) is 5.69 Å². The van der Waals surface area contributed by atoms with Gasteiger partial charge in [0, 0.05) is 37.6 Å². The van der Waals surface area contributed by atoms with Gasteiger partial charge in [0.1, 0.15) is 0 Å². The number of rotatable bonds is 6. The zero-order valence-corrected chi connectivity index (χ0v) is 14.9. The van der Waals surface area contributed by atoms with Crippen LogP contribution < -0.4 is 5.73 Å². The van der Waals surface area contributed by atoms with E-state index in [1.54, 1.807) is 16.4 Å². The SMILES string of the molecule is NC(=O)CCC1CCN(S(=O)(=O)c2ccc(-n3cccc3)cc2)CC1. The van der Waals surface area contributed by atoms with Crippen molar-refractivity contribution in [1.29, 1.82) is 0 Å². The molecule has 0 bridgehead atoms. The van der Waals surface area contributed by atoms with E-state index in [-0.39, 0.29) is 5.91 Å². The van der Waals surface area contributed by atoms with Crippen LogP contribution in [0.15, 0.2) is 53.7 Å². The van der Waals surface area contributed by atoms with Gasteiger partial charge >= 0.3 is 0 Å². The Morgan fingerprint density at radius 1 is 1.08 bits per heavy atom. The standard InChI is InChI=1S/C18H23N3O3S/c19-18(22)8-3-15-9-13-21(14-10-15)25(23,24)17-6-4-16(5-7-17)20-11-1-2-12-20/h1-2,4-7,11-12,15H,3,8-10,13-14H2,(H2,19,22). The summed E-state index contributed by atoms with van der Waals surface area (Å²) < 4.78 is 29.1. The van der Waals surface area contributed by atoms with Crippen molar-refractivity contribution < 1.29 is 13.2 Å². The highest BCUT2D eigenvalue weighted by Crippen LogP contribution is 2.26. The molecule has 1 amide bonds. The lowest BCUT2D eigenvalue weighted by Crippen LogP contribution is -2.38. The molecule has 6 nitrogen and oxygen atoms in total. The zero-order chi connectivity index (χ0) is 17.9. The van der Waals surface area contributed by atoms with Gasteiger partial charge in [0.2, 0.25) is 15.9 Å².